The lowest BCUT2D eigenvalue weighted by atomic mass is 10.3. The van der Waals surface area contributed by atoms with Crippen molar-refractivity contribution < 1.29 is 4.92 Å². The molecule has 0 aliphatic rings. The van der Waals surface area contributed by atoms with Crippen molar-refractivity contribution in [3.05, 3.63) is 52.7 Å². The average molecular weight is 247 g/mol. The molecule has 1 aromatic carbocycles. The van der Waals surface area contributed by atoms with E-state index in [1.165, 1.54) is 23.9 Å². The van der Waals surface area contributed by atoms with Crippen LogP contribution in [0.3, 0.4) is 0 Å². The van der Waals surface area contributed by atoms with Gasteiger partial charge in [-0.1, -0.05) is 11.8 Å². The van der Waals surface area contributed by atoms with Gasteiger partial charge < -0.3 is 5.73 Å². The number of rotatable bonds is 3. The molecular formula is C11H9N3O2S. The monoisotopic (exact) mass is 247 g/mol. The number of anilines is 1. The molecule has 0 bridgehead atoms. The van der Waals surface area contributed by atoms with Crippen molar-refractivity contribution >= 4 is 23.1 Å². The quantitative estimate of drug-likeness (QED) is 0.666. The summed E-state index contributed by atoms with van der Waals surface area (Å²) >= 11 is 1.41. The van der Waals surface area contributed by atoms with Crippen LogP contribution in [0, 0.1) is 10.1 Å². The number of hydrogen-bond acceptors (Lipinski definition) is 5. The van der Waals surface area contributed by atoms with Crippen LogP contribution < -0.4 is 5.73 Å². The molecule has 2 rings (SSSR count). The second kappa shape index (κ2) is 4.84. The number of nitrogens with zero attached hydrogens (tertiary/aromatic N) is 2. The predicted molar refractivity (Wildman–Crippen MR) is 65.9 cm³/mol. The Morgan fingerprint density at radius 2 is 1.94 bits per heavy atom. The predicted octanol–water partition coefficient (Wildman–Crippen LogP) is 2.72. The molecule has 0 aliphatic carbocycles. The molecule has 2 N–H and O–H groups in total. The third-order valence-corrected chi connectivity index (χ3v) is 2.97. The van der Waals surface area contributed by atoms with E-state index in [2.05, 4.69) is 4.98 Å². The normalized spacial score (nSPS) is 10.1. The number of nitro groups is 1. The molecule has 0 spiro atoms. The molecule has 0 atom stereocenters. The van der Waals surface area contributed by atoms with Crippen molar-refractivity contribution in [2.24, 2.45) is 0 Å². The highest BCUT2D eigenvalue weighted by Crippen LogP contribution is 2.28. The van der Waals surface area contributed by atoms with E-state index in [0.29, 0.717) is 5.69 Å². The van der Waals surface area contributed by atoms with Gasteiger partial charge in [0.25, 0.3) is 5.69 Å². The Bertz CT molecular complexity index is 543. The van der Waals surface area contributed by atoms with Crippen LogP contribution in [-0.4, -0.2) is 9.91 Å². The Labute approximate surface area is 102 Å². The lowest BCUT2D eigenvalue weighted by Crippen LogP contribution is -1.88. The minimum atomic E-state index is -0.423. The maximum absolute atomic E-state index is 10.5. The van der Waals surface area contributed by atoms with Crippen molar-refractivity contribution in [3.63, 3.8) is 0 Å². The van der Waals surface area contributed by atoms with Crippen LogP contribution in [-0.2, 0) is 0 Å². The van der Waals surface area contributed by atoms with E-state index >= 15 is 0 Å². The number of hydrogen-bond donors (Lipinski definition) is 1. The molecular weight excluding hydrogens is 238 g/mol. The molecule has 17 heavy (non-hydrogen) atoms. The second-order valence-corrected chi connectivity index (χ2v) is 4.37. The highest BCUT2D eigenvalue weighted by Gasteiger charge is 2.05. The Morgan fingerprint density at radius 3 is 2.53 bits per heavy atom. The molecule has 0 fully saturated rings. The van der Waals surface area contributed by atoms with Gasteiger partial charge in [0.2, 0.25) is 0 Å². The van der Waals surface area contributed by atoms with E-state index in [1.54, 1.807) is 30.5 Å². The van der Waals surface area contributed by atoms with Crippen molar-refractivity contribution in [3.8, 4) is 0 Å². The summed E-state index contributed by atoms with van der Waals surface area (Å²) < 4.78 is 0. The van der Waals surface area contributed by atoms with E-state index in [9.17, 15) is 10.1 Å². The third-order valence-electron chi connectivity index (χ3n) is 2.03. The van der Waals surface area contributed by atoms with Crippen LogP contribution >= 0.6 is 11.8 Å². The Balaban J connectivity index is 2.16. The molecule has 1 heterocycles. The summed E-state index contributed by atoms with van der Waals surface area (Å²) in [7, 11) is 0. The summed E-state index contributed by atoms with van der Waals surface area (Å²) in [5.74, 6) is 0. The lowest BCUT2D eigenvalue weighted by molar-refractivity contribution is -0.384. The SMILES string of the molecule is Nc1ccnc(Sc2ccc([N+](=O)[O-])cc2)c1. The van der Waals surface area contributed by atoms with Gasteiger partial charge in [0, 0.05) is 28.9 Å². The van der Waals surface area contributed by atoms with Gasteiger partial charge in [-0.15, -0.1) is 0 Å². The van der Waals surface area contributed by atoms with Crippen LogP contribution in [0.25, 0.3) is 0 Å². The number of pyridine rings is 1. The van der Waals surface area contributed by atoms with Crippen molar-refractivity contribution in [1.29, 1.82) is 0 Å². The van der Waals surface area contributed by atoms with Gasteiger partial charge in [-0.05, 0) is 24.3 Å². The van der Waals surface area contributed by atoms with Gasteiger partial charge in [-0.25, -0.2) is 4.98 Å². The smallest absolute Gasteiger partial charge is 0.269 e. The minimum Gasteiger partial charge on any atom is -0.399 e. The number of nitrogens with two attached hydrogens (primary N) is 1. The van der Waals surface area contributed by atoms with Crippen LogP contribution in [0.5, 0.6) is 0 Å². The van der Waals surface area contributed by atoms with Gasteiger partial charge in [-0.2, -0.15) is 0 Å². The molecule has 0 saturated carbocycles. The van der Waals surface area contributed by atoms with E-state index in [4.69, 9.17) is 5.73 Å². The number of nitro benzene ring substituents is 1. The van der Waals surface area contributed by atoms with E-state index in [-0.39, 0.29) is 5.69 Å². The first-order valence-electron chi connectivity index (χ1n) is 4.79. The Hall–Kier alpha value is -2.08. The van der Waals surface area contributed by atoms with E-state index in [0.717, 1.165) is 9.92 Å². The van der Waals surface area contributed by atoms with Crippen molar-refractivity contribution in [2.75, 3.05) is 5.73 Å². The molecule has 1 aromatic heterocycles. The molecule has 0 radical (unpaired) electrons. The second-order valence-electron chi connectivity index (χ2n) is 3.28. The van der Waals surface area contributed by atoms with Gasteiger partial charge in [-0.3, -0.25) is 10.1 Å². The van der Waals surface area contributed by atoms with E-state index < -0.39 is 4.92 Å². The first-order valence-corrected chi connectivity index (χ1v) is 5.60. The van der Waals surface area contributed by atoms with Crippen LogP contribution in [0.2, 0.25) is 0 Å². The highest BCUT2D eigenvalue weighted by molar-refractivity contribution is 7.99. The summed E-state index contributed by atoms with van der Waals surface area (Å²) in [6.45, 7) is 0. The number of aromatic nitrogens is 1. The fourth-order valence-corrected chi connectivity index (χ4v) is 2.06. The lowest BCUT2D eigenvalue weighted by Gasteiger charge is -2.01. The minimum absolute atomic E-state index is 0.0786. The summed E-state index contributed by atoms with van der Waals surface area (Å²) in [4.78, 5) is 15.1. The zero-order valence-electron chi connectivity index (χ0n) is 8.74. The molecule has 5 nitrogen and oxygen atoms in total. The molecule has 2 aromatic rings. The standard InChI is InChI=1S/C11H9N3O2S/c12-8-5-6-13-11(7-8)17-10-3-1-9(2-4-10)14(15)16/h1-7H,(H2,12,13). The molecule has 0 amide bonds. The average Bonchev–Trinajstić information content (AvgIpc) is 2.29. The zero-order chi connectivity index (χ0) is 12.3. The van der Waals surface area contributed by atoms with Crippen molar-refractivity contribution in [1.82, 2.24) is 4.98 Å². The molecule has 0 saturated heterocycles. The third kappa shape index (κ3) is 2.94. The zero-order valence-corrected chi connectivity index (χ0v) is 9.55. The molecule has 86 valence electrons. The molecule has 0 unspecified atom stereocenters. The Morgan fingerprint density at radius 1 is 1.24 bits per heavy atom. The number of benzene rings is 1. The fraction of sp³-hybridized carbons (Fsp3) is 0. The van der Waals surface area contributed by atoms with Crippen LogP contribution in [0.15, 0.2) is 52.5 Å². The molecule has 0 aliphatic heterocycles. The van der Waals surface area contributed by atoms with Crippen molar-refractivity contribution in [2.45, 2.75) is 9.92 Å². The van der Waals surface area contributed by atoms with Crippen LogP contribution in [0.4, 0.5) is 11.4 Å². The van der Waals surface area contributed by atoms with E-state index in [1.807, 2.05) is 0 Å². The van der Waals surface area contributed by atoms with Gasteiger partial charge in [0.1, 0.15) is 5.03 Å². The summed E-state index contributed by atoms with van der Waals surface area (Å²) in [5.41, 5.74) is 6.36. The van der Waals surface area contributed by atoms with Gasteiger partial charge >= 0.3 is 0 Å². The first-order chi connectivity index (χ1) is 8.15. The summed E-state index contributed by atoms with van der Waals surface area (Å²) in [6, 6.07) is 9.77. The molecule has 6 heteroatoms. The fourth-order valence-electron chi connectivity index (χ4n) is 1.24. The summed E-state index contributed by atoms with van der Waals surface area (Å²) in [6.07, 6.45) is 1.63. The number of nitrogen functional groups attached to an aromatic ring is 1. The topological polar surface area (TPSA) is 82.0 Å². The van der Waals surface area contributed by atoms with Gasteiger partial charge in [0.05, 0.1) is 4.92 Å². The first kappa shape index (κ1) is 11.4. The van der Waals surface area contributed by atoms with Crippen LogP contribution in [0.1, 0.15) is 0 Å². The highest BCUT2D eigenvalue weighted by atomic mass is 32.2. The maximum Gasteiger partial charge on any atom is 0.269 e. The number of non-ortho nitro benzene ring substituents is 1. The Kier molecular flexibility index (Phi) is 3.24. The maximum atomic E-state index is 10.5. The largest absolute Gasteiger partial charge is 0.399 e. The summed E-state index contributed by atoms with van der Waals surface area (Å²) in [5, 5.41) is 11.2. The van der Waals surface area contributed by atoms with Gasteiger partial charge in [0.15, 0.2) is 0 Å².